The fraction of sp³-hybridized carbons (Fsp3) is 0.333. The molecule has 2 nitrogen and oxygen atoms in total. The van der Waals surface area contributed by atoms with E-state index in [1.165, 1.54) is 12.3 Å². The minimum Gasteiger partial charge on any atom is -0.472 e. The highest BCUT2D eigenvalue weighted by atomic mass is 35.5. The highest BCUT2D eigenvalue weighted by Crippen LogP contribution is 2.34. The van der Waals surface area contributed by atoms with Gasteiger partial charge in [-0.3, -0.25) is 0 Å². The average Bonchev–Trinajstić information content (AvgIpc) is 2.34. The zero-order valence-corrected chi connectivity index (χ0v) is 6.05. The Morgan fingerprint density at radius 2 is 2.27 bits per heavy atom. The Bertz CT molecular complexity index is 217. The Labute approximate surface area is 66.4 Å². The first-order valence-electron chi connectivity index (χ1n) is 2.78. The molecule has 1 aromatic heterocycles. The van der Waals surface area contributed by atoms with Crippen LogP contribution < -0.4 is 0 Å². The molecule has 0 aliphatic carbocycles. The fourth-order valence-corrected chi connectivity index (χ4v) is 0.746. The van der Waals surface area contributed by atoms with Crippen LogP contribution in [0.3, 0.4) is 0 Å². The Balaban J connectivity index is 2.78. The van der Waals surface area contributed by atoms with Gasteiger partial charge in [0.2, 0.25) is 0 Å². The van der Waals surface area contributed by atoms with Crippen molar-refractivity contribution in [1.29, 1.82) is 0 Å². The van der Waals surface area contributed by atoms with Crippen LogP contribution in [-0.4, -0.2) is 10.5 Å². The van der Waals surface area contributed by atoms with E-state index in [1.807, 2.05) is 0 Å². The summed E-state index contributed by atoms with van der Waals surface area (Å²) < 4.78 is 28.8. The van der Waals surface area contributed by atoms with Gasteiger partial charge in [0.25, 0.3) is 0 Å². The average molecular weight is 183 g/mol. The molecule has 0 spiro atoms. The molecule has 0 amide bonds. The van der Waals surface area contributed by atoms with Crippen LogP contribution in [0.5, 0.6) is 0 Å². The lowest BCUT2D eigenvalue weighted by molar-refractivity contribution is -0.0427. The van der Waals surface area contributed by atoms with Gasteiger partial charge in [0, 0.05) is 5.56 Å². The Hall–Kier alpha value is -0.610. The third-order valence-electron chi connectivity index (χ3n) is 1.17. The van der Waals surface area contributed by atoms with Gasteiger partial charge in [-0.1, -0.05) is 0 Å². The third kappa shape index (κ3) is 1.91. The standard InChI is InChI=1S/C6H5ClF2O2/c7-6(8,9)5(10)4-1-2-11-3-4/h1-3,5,10H. The predicted molar refractivity (Wildman–Crippen MR) is 34.5 cm³/mol. The van der Waals surface area contributed by atoms with Crippen LogP contribution in [0, 0.1) is 0 Å². The molecule has 1 atom stereocenters. The lowest BCUT2D eigenvalue weighted by Crippen LogP contribution is -2.18. The van der Waals surface area contributed by atoms with Gasteiger partial charge in [0.05, 0.1) is 12.5 Å². The summed E-state index contributed by atoms with van der Waals surface area (Å²) in [6, 6.07) is 1.22. The molecule has 1 rings (SSSR count). The van der Waals surface area contributed by atoms with Crippen LogP contribution in [-0.2, 0) is 0 Å². The molecule has 1 unspecified atom stereocenters. The molecule has 11 heavy (non-hydrogen) atoms. The highest BCUT2D eigenvalue weighted by molar-refractivity contribution is 6.22. The van der Waals surface area contributed by atoms with Crippen molar-refractivity contribution in [3.05, 3.63) is 24.2 Å². The maximum atomic E-state index is 12.2. The summed E-state index contributed by atoms with van der Waals surface area (Å²) in [5.41, 5.74) is -0.0370. The van der Waals surface area contributed by atoms with E-state index in [0.29, 0.717) is 0 Å². The summed E-state index contributed by atoms with van der Waals surface area (Å²) in [6.07, 6.45) is 0.185. The molecule has 0 aromatic carbocycles. The molecule has 0 fully saturated rings. The van der Waals surface area contributed by atoms with Crippen LogP contribution in [0.2, 0.25) is 0 Å². The highest BCUT2D eigenvalue weighted by Gasteiger charge is 2.37. The van der Waals surface area contributed by atoms with Gasteiger partial charge in [-0.25, -0.2) is 0 Å². The zero-order valence-electron chi connectivity index (χ0n) is 5.30. The number of furan rings is 1. The van der Waals surface area contributed by atoms with E-state index in [0.717, 1.165) is 6.26 Å². The van der Waals surface area contributed by atoms with E-state index in [9.17, 15) is 8.78 Å². The summed E-state index contributed by atoms with van der Waals surface area (Å²) in [5.74, 6) is 0. The maximum absolute atomic E-state index is 12.2. The number of hydrogen-bond donors (Lipinski definition) is 1. The van der Waals surface area contributed by atoms with Gasteiger partial charge < -0.3 is 9.52 Å². The van der Waals surface area contributed by atoms with Gasteiger partial charge in [-0.05, 0) is 17.7 Å². The fourth-order valence-electron chi connectivity index (χ4n) is 0.620. The summed E-state index contributed by atoms with van der Waals surface area (Å²) >= 11 is 4.55. The molecule has 0 saturated carbocycles. The number of alkyl halides is 3. The van der Waals surface area contributed by atoms with E-state index in [2.05, 4.69) is 16.0 Å². The molecule has 62 valence electrons. The zero-order chi connectivity index (χ0) is 8.48. The molecule has 1 aromatic rings. The minimum atomic E-state index is -3.65. The second-order valence-electron chi connectivity index (χ2n) is 2.00. The lowest BCUT2D eigenvalue weighted by Gasteiger charge is -2.13. The van der Waals surface area contributed by atoms with Crippen molar-refractivity contribution >= 4 is 11.6 Å². The summed E-state index contributed by atoms with van der Waals surface area (Å²) in [7, 11) is 0. The monoisotopic (exact) mass is 182 g/mol. The van der Waals surface area contributed by atoms with Crippen molar-refractivity contribution in [2.24, 2.45) is 0 Å². The molecule has 0 aliphatic heterocycles. The third-order valence-corrected chi connectivity index (χ3v) is 1.38. The molecule has 0 radical (unpaired) electrons. The normalized spacial score (nSPS) is 14.9. The lowest BCUT2D eigenvalue weighted by atomic mass is 10.2. The van der Waals surface area contributed by atoms with E-state index in [4.69, 9.17) is 5.11 Å². The minimum absolute atomic E-state index is 0.0370. The molecular formula is C6H5ClF2O2. The van der Waals surface area contributed by atoms with Gasteiger partial charge in [-0.2, -0.15) is 8.78 Å². The Morgan fingerprint density at radius 3 is 2.64 bits per heavy atom. The van der Waals surface area contributed by atoms with Crippen molar-refractivity contribution in [2.45, 2.75) is 11.5 Å². The van der Waals surface area contributed by atoms with Crippen molar-refractivity contribution in [1.82, 2.24) is 0 Å². The van der Waals surface area contributed by atoms with Gasteiger partial charge in [0.15, 0.2) is 6.10 Å². The van der Waals surface area contributed by atoms with Crippen LogP contribution in [0.4, 0.5) is 8.78 Å². The number of rotatable bonds is 2. The van der Waals surface area contributed by atoms with Crippen molar-refractivity contribution in [3.63, 3.8) is 0 Å². The maximum Gasteiger partial charge on any atom is 0.351 e. The number of aliphatic hydroxyl groups is 1. The van der Waals surface area contributed by atoms with Gasteiger partial charge >= 0.3 is 5.38 Å². The van der Waals surface area contributed by atoms with Crippen molar-refractivity contribution in [2.75, 3.05) is 0 Å². The predicted octanol–water partition coefficient (Wildman–Crippen LogP) is 2.14. The molecule has 1 heterocycles. The van der Waals surface area contributed by atoms with Crippen LogP contribution >= 0.6 is 11.6 Å². The van der Waals surface area contributed by atoms with Crippen molar-refractivity contribution in [3.8, 4) is 0 Å². The molecular weight excluding hydrogens is 178 g/mol. The molecule has 5 heteroatoms. The summed E-state index contributed by atoms with van der Waals surface area (Å²) in [5, 5.41) is 5.16. The topological polar surface area (TPSA) is 33.4 Å². The van der Waals surface area contributed by atoms with E-state index < -0.39 is 11.5 Å². The van der Waals surface area contributed by atoms with E-state index in [-0.39, 0.29) is 5.56 Å². The number of hydrogen-bond acceptors (Lipinski definition) is 2. The number of halogens is 3. The van der Waals surface area contributed by atoms with E-state index in [1.54, 1.807) is 0 Å². The van der Waals surface area contributed by atoms with Gasteiger partial charge in [-0.15, -0.1) is 0 Å². The first kappa shape index (κ1) is 8.49. The summed E-state index contributed by atoms with van der Waals surface area (Å²) in [6.45, 7) is 0. The van der Waals surface area contributed by atoms with Crippen molar-refractivity contribution < 1.29 is 18.3 Å². The second kappa shape index (κ2) is 2.79. The second-order valence-corrected chi connectivity index (χ2v) is 2.50. The molecule has 0 aliphatic rings. The molecule has 0 bridgehead atoms. The van der Waals surface area contributed by atoms with E-state index >= 15 is 0 Å². The smallest absolute Gasteiger partial charge is 0.351 e. The van der Waals surface area contributed by atoms with Crippen LogP contribution in [0.1, 0.15) is 11.7 Å². The Morgan fingerprint density at radius 1 is 1.64 bits per heavy atom. The van der Waals surface area contributed by atoms with Crippen LogP contribution in [0.15, 0.2) is 23.0 Å². The Kier molecular flexibility index (Phi) is 2.15. The van der Waals surface area contributed by atoms with Gasteiger partial charge in [0.1, 0.15) is 0 Å². The SMILES string of the molecule is OC(c1ccoc1)C(F)(F)Cl. The number of aliphatic hydroxyl groups excluding tert-OH is 1. The quantitative estimate of drug-likeness (QED) is 0.711. The first-order chi connectivity index (χ1) is 5.02. The first-order valence-corrected chi connectivity index (χ1v) is 3.16. The molecule has 1 N–H and O–H groups in total. The molecule has 0 saturated heterocycles. The largest absolute Gasteiger partial charge is 0.472 e. The van der Waals surface area contributed by atoms with Crippen LogP contribution in [0.25, 0.3) is 0 Å². The summed E-state index contributed by atoms with van der Waals surface area (Å²) in [4.78, 5) is 0.